The Morgan fingerprint density at radius 3 is 2.84 bits per heavy atom. The molecule has 1 aliphatic heterocycles. The SMILES string of the molecule is Cc1nn(C)c(C)c1CC(=O)NCC1(O)CCOC1. The van der Waals surface area contributed by atoms with Crippen LogP contribution in [0.3, 0.4) is 0 Å². The normalized spacial score (nSPS) is 22.7. The van der Waals surface area contributed by atoms with Crippen molar-refractivity contribution in [1.82, 2.24) is 15.1 Å². The monoisotopic (exact) mass is 267 g/mol. The van der Waals surface area contributed by atoms with Crippen LogP contribution in [0.2, 0.25) is 0 Å². The van der Waals surface area contributed by atoms with Crippen LogP contribution in [0.25, 0.3) is 0 Å². The van der Waals surface area contributed by atoms with Gasteiger partial charge >= 0.3 is 0 Å². The first-order valence-corrected chi connectivity index (χ1v) is 6.47. The molecular weight excluding hydrogens is 246 g/mol. The number of amides is 1. The second kappa shape index (κ2) is 5.30. The quantitative estimate of drug-likeness (QED) is 0.795. The van der Waals surface area contributed by atoms with Gasteiger partial charge in [-0.15, -0.1) is 0 Å². The number of aliphatic hydroxyl groups is 1. The molecule has 0 saturated carbocycles. The van der Waals surface area contributed by atoms with E-state index in [-0.39, 0.29) is 19.1 Å². The summed E-state index contributed by atoms with van der Waals surface area (Å²) in [5.41, 5.74) is 1.91. The fourth-order valence-corrected chi connectivity index (χ4v) is 2.30. The molecule has 1 atom stereocenters. The standard InChI is InChI=1S/C13H21N3O3/c1-9-11(10(2)16(3)15-9)6-12(17)14-7-13(18)4-5-19-8-13/h18H,4-8H2,1-3H3,(H,14,17). The number of hydrogen-bond acceptors (Lipinski definition) is 4. The third-order valence-corrected chi connectivity index (χ3v) is 3.69. The number of nitrogens with one attached hydrogen (secondary N) is 1. The van der Waals surface area contributed by atoms with E-state index in [4.69, 9.17) is 4.74 Å². The molecule has 6 nitrogen and oxygen atoms in total. The van der Waals surface area contributed by atoms with Crippen molar-refractivity contribution in [1.29, 1.82) is 0 Å². The second-order valence-electron chi connectivity index (χ2n) is 5.25. The van der Waals surface area contributed by atoms with Crippen LogP contribution < -0.4 is 5.32 Å². The molecule has 1 saturated heterocycles. The van der Waals surface area contributed by atoms with Crippen molar-refractivity contribution in [2.75, 3.05) is 19.8 Å². The van der Waals surface area contributed by atoms with E-state index < -0.39 is 5.60 Å². The molecule has 1 aromatic rings. The minimum atomic E-state index is -0.908. The Bertz CT molecular complexity index is 476. The zero-order valence-electron chi connectivity index (χ0n) is 11.7. The minimum absolute atomic E-state index is 0.0977. The largest absolute Gasteiger partial charge is 0.386 e. The summed E-state index contributed by atoms with van der Waals surface area (Å²) in [5, 5.41) is 17.1. The maximum absolute atomic E-state index is 11.9. The van der Waals surface area contributed by atoms with Gasteiger partial charge in [0.2, 0.25) is 5.91 Å². The Kier molecular flexibility index (Phi) is 3.91. The van der Waals surface area contributed by atoms with Crippen LogP contribution >= 0.6 is 0 Å². The van der Waals surface area contributed by atoms with Crippen molar-refractivity contribution < 1.29 is 14.6 Å². The van der Waals surface area contributed by atoms with E-state index in [9.17, 15) is 9.90 Å². The smallest absolute Gasteiger partial charge is 0.224 e. The molecule has 1 aromatic heterocycles. The van der Waals surface area contributed by atoms with Crippen molar-refractivity contribution in [3.63, 3.8) is 0 Å². The lowest BCUT2D eigenvalue weighted by Crippen LogP contribution is -2.43. The summed E-state index contributed by atoms with van der Waals surface area (Å²) in [7, 11) is 1.86. The van der Waals surface area contributed by atoms with Gasteiger partial charge in [0.1, 0.15) is 5.60 Å². The molecule has 0 radical (unpaired) electrons. The van der Waals surface area contributed by atoms with Gasteiger partial charge in [-0.1, -0.05) is 0 Å². The maximum Gasteiger partial charge on any atom is 0.224 e. The maximum atomic E-state index is 11.9. The minimum Gasteiger partial charge on any atom is -0.386 e. The summed E-state index contributed by atoms with van der Waals surface area (Å²) >= 11 is 0. The summed E-state index contributed by atoms with van der Waals surface area (Å²) in [6.07, 6.45) is 0.862. The zero-order valence-corrected chi connectivity index (χ0v) is 11.7. The molecule has 1 amide bonds. The lowest BCUT2D eigenvalue weighted by molar-refractivity contribution is -0.121. The summed E-state index contributed by atoms with van der Waals surface area (Å²) in [6, 6.07) is 0. The van der Waals surface area contributed by atoms with Crippen LogP contribution in [0.15, 0.2) is 0 Å². The van der Waals surface area contributed by atoms with E-state index >= 15 is 0 Å². The van der Waals surface area contributed by atoms with Gasteiger partial charge < -0.3 is 15.2 Å². The average Bonchev–Trinajstić information content (AvgIpc) is 2.88. The van der Waals surface area contributed by atoms with Crippen molar-refractivity contribution in [3.05, 3.63) is 17.0 Å². The fourth-order valence-electron chi connectivity index (χ4n) is 2.30. The molecule has 2 rings (SSSR count). The molecule has 2 N–H and O–H groups in total. The van der Waals surface area contributed by atoms with Gasteiger partial charge in [0.05, 0.1) is 18.7 Å². The number of carbonyl (C=O) groups is 1. The van der Waals surface area contributed by atoms with E-state index in [1.165, 1.54) is 0 Å². The molecule has 19 heavy (non-hydrogen) atoms. The topological polar surface area (TPSA) is 76.4 Å². The number of hydrogen-bond donors (Lipinski definition) is 2. The van der Waals surface area contributed by atoms with E-state index in [0.29, 0.717) is 19.4 Å². The molecule has 2 heterocycles. The first-order chi connectivity index (χ1) is 8.91. The Morgan fingerprint density at radius 2 is 2.32 bits per heavy atom. The predicted octanol–water partition coefficient (Wildman–Crippen LogP) is -0.153. The van der Waals surface area contributed by atoms with Crippen LogP contribution in [-0.2, 0) is 23.0 Å². The molecular formula is C13H21N3O3. The third-order valence-electron chi connectivity index (χ3n) is 3.69. The number of ether oxygens (including phenoxy) is 1. The van der Waals surface area contributed by atoms with Crippen molar-refractivity contribution in [3.8, 4) is 0 Å². The summed E-state index contributed by atoms with van der Waals surface area (Å²) < 4.78 is 6.91. The highest BCUT2D eigenvalue weighted by molar-refractivity contribution is 5.79. The number of rotatable bonds is 4. The first kappa shape index (κ1) is 14.0. The predicted molar refractivity (Wildman–Crippen MR) is 69.8 cm³/mol. The molecule has 1 unspecified atom stereocenters. The van der Waals surface area contributed by atoms with Gasteiger partial charge in [0, 0.05) is 37.9 Å². The van der Waals surface area contributed by atoms with E-state index in [0.717, 1.165) is 17.0 Å². The Labute approximate surface area is 112 Å². The molecule has 1 aliphatic rings. The molecule has 0 aliphatic carbocycles. The fraction of sp³-hybridized carbons (Fsp3) is 0.692. The van der Waals surface area contributed by atoms with Crippen molar-refractivity contribution >= 4 is 5.91 Å². The van der Waals surface area contributed by atoms with Gasteiger partial charge in [0.15, 0.2) is 0 Å². The van der Waals surface area contributed by atoms with E-state index in [2.05, 4.69) is 10.4 Å². The van der Waals surface area contributed by atoms with E-state index in [1.807, 2.05) is 20.9 Å². The Balaban J connectivity index is 1.91. The molecule has 6 heteroatoms. The van der Waals surface area contributed by atoms with Crippen LogP contribution in [0.5, 0.6) is 0 Å². The second-order valence-corrected chi connectivity index (χ2v) is 5.25. The van der Waals surface area contributed by atoms with Crippen LogP contribution in [0.1, 0.15) is 23.4 Å². The van der Waals surface area contributed by atoms with Crippen LogP contribution in [0, 0.1) is 13.8 Å². The highest BCUT2D eigenvalue weighted by atomic mass is 16.5. The Hall–Kier alpha value is -1.40. The molecule has 0 bridgehead atoms. The van der Waals surface area contributed by atoms with Gasteiger partial charge in [-0.3, -0.25) is 9.48 Å². The Morgan fingerprint density at radius 1 is 1.58 bits per heavy atom. The van der Waals surface area contributed by atoms with E-state index in [1.54, 1.807) is 4.68 Å². The summed E-state index contributed by atoms with van der Waals surface area (Å²) in [4.78, 5) is 11.9. The number of nitrogens with zero attached hydrogens (tertiary/aromatic N) is 2. The molecule has 106 valence electrons. The lowest BCUT2D eigenvalue weighted by atomic mass is 10.0. The average molecular weight is 267 g/mol. The lowest BCUT2D eigenvalue weighted by Gasteiger charge is -2.20. The highest BCUT2D eigenvalue weighted by Crippen LogP contribution is 2.17. The third kappa shape index (κ3) is 3.13. The van der Waals surface area contributed by atoms with Crippen LogP contribution in [0.4, 0.5) is 0 Å². The zero-order chi connectivity index (χ0) is 14.0. The van der Waals surface area contributed by atoms with Crippen LogP contribution in [-0.4, -0.2) is 46.2 Å². The van der Waals surface area contributed by atoms with Gasteiger partial charge in [0.25, 0.3) is 0 Å². The highest BCUT2D eigenvalue weighted by Gasteiger charge is 2.32. The van der Waals surface area contributed by atoms with Crippen molar-refractivity contribution in [2.45, 2.75) is 32.3 Å². The van der Waals surface area contributed by atoms with Gasteiger partial charge in [-0.2, -0.15) is 5.10 Å². The van der Waals surface area contributed by atoms with Gasteiger partial charge in [-0.25, -0.2) is 0 Å². The summed E-state index contributed by atoms with van der Waals surface area (Å²) in [5.74, 6) is -0.0977. The molecule has 0 aromatic carbocycles. The number of carbonyl (C=O) groups excluding carboxylic acids is 1. The summed E-state index contributed by atoms with van der Waals surface area (Å²) in [6.45, 7) is 4.92. The van der Waals surface area contributed by atoms with Gasteiger partial charge in [-0.05, 0) is 13.8 Å². The molecule has 1 fully saturated rings. The number of aryl methyl sites for hydroxylation is 2. The van der Waals surface area contributed by atoms with Crippen molar-refractivity contribution in [2.24, 2.45) is 7.05 Å². The number of aromatic nitrogens is 2. The first-order valence-electron chi connectivity index (χ1n) is 6.47. The molecule has 0 spiro atoms.